The quantitative estimate of drug-likeness (QED) is 0.797. The van der Waals surface area contributed by atoms with Crippen molar-refractivity contribution in [2.24, 2.45) is 5.92 Å². The average Bonchev–Trinajstić information content (AvgIpc) is 3.02. The molecule has 0 aliphatic carbocycles. The maximum atomic E-state index is 12.3. The molecule has 1 amide bonds. The highest BCUT2D eigenvalue weighted by Crippen LogP contribution is 2.27. The summed E-state index contributed by atoms with van der Waals surface area (Å²) in [5.74, 6) is 0.197. The Kier molecular flexibility index (Phi) is 3.69. The third kappa shape index (κ3) is 2.54. The van der Waals surface area contributed by atoms with Crippen LogP contribution in [0.2, 0.25) is 0 Å². The zero-order valence-electron chi connectivity index (χ0n) is 12.3. The van der Waals surface area contributed by atoms with Crippen molar-refractivity contribution in [3.63, 3.8) is 0 Å². The van der Waals surface area contributed by atoms with Gasteiger partial charge in [0.15, 0.2) is 5.76 Å². The van der Waals surface area contributed by atoms with Crippen LogP contribution in [0.1, 0.15) is 21.7 Å². The lowest BCUT2D eigenvalue weighted by Crippen LogP contribution is -2.34. The van der Waals surface area contributed by atoms with Gasteiger partial charge in [0, 0.05) is 36.5 Å². The third-order valence-corrected chi connectivity index (χ3v) is 4.20. The highest BCUT2D eigenvalue weighted by molar-refractivity contribution is 5.99. The predicted octanol–water partition coefficient (Wildman–Crippen LogP) is 1.36. The second kappa shape index (κ2) is 5.50. The lowest BCUT2D eigenvalue weighted by molar-refractivity contribution is 0.0901. The first-order valence-corrected chi connectivity index (χ1v) is 7.23. The van der Waals surface area contributed by atoms with Crippen LogP contribution in [-0.4, -0.2) is 36.8 Å². The standard InChI is InChI=1S/C16H20N2O3/c1-9-4-3-5-12-10(2)15(21-14(9)12)16(20)18-7-11-6-17-8-13(11)19/h3-5,11,13,17,19H,6-8H2,1-2H3,(H,18,20). The number of hydrogen-bond acceptors (Lipinski definition) is 4. The van der Waals surface area contributed by atoms with Crippen molar-refractivity contribution in [1.82, 2.24) is 10.6 Å². The number of carbonyl (C=O) groups is 1. The van der Waals surface area contributed by atoms with E-state index < -0.39 is 6.10 Å². The molecule has 2 aromatic rings. The van der Waals surface area contributed by atoms with Gasteiger partial charge in [0.25, 0.3) is 5.91 Å². The molecule has 1 aromatic carbocycles. The normalized spacial score (nSPS) is 21.9. The second-order valence-electron chi connectivity index (χ2n) is 5.70. The van der Waals surface area contributed by atoms with Crippen molar-refractivity contribution in [2.45, 2.75) is 20.0 Å². The number of carbonyl (C=O) groups excluding carboxylic acids is 1. The summed E-state index contributed by atoms with van der Waals surface area (Å²) in [6, 6.07) is 5.89. The summed E-state index contributed by atoms with van der Waals surface area (Å²) in [5.41, 5.74) is 2.64. The van der Waals surface area contributed by atoms with Crippen LogP contribution in [0.3, 0.4) is 0 Å². The molecular weight excluding hydrogens is 268 g/mol. The Labute approximate surface area is 123 Å². The Balaban J connectivity index is 1.78. The van der Waals surface area contributed by atoms with Gasteiger partial charge in [-0.2, -0.15) is 0 Å². The first-order chi connectivity index (χ1) is 10.1. The number of rotatable bonds is 3. The predicted molar refractivity (Wildman–Crippen MR) is 80.4 cm³/mol. The number of aryl methyl sites for hydroxylation is 2. The maximum Gasteiger partial charge on any atom is 0.287 e. The monoisotopic (exact) mass is 288 g/mol. The van der Waals surface area contributed by atoms with Crippen LogP contribution >= 0.6 is 0 Å². The van der Waals surface area contributed by atoms with Crippen LogP contribution in [0, 0.1) is 19.8 Å². The Morgan fingerprint density at radius 3 is 2.90 bits per heavy atom. The van der Waals surface area contributed by atoms with Crippen LogP contribution in [-0.2, 0) is 0 Å². The Morgan fingerprint density at radius 1 is 1.43 bits per heavy atom. The lowest BCUT2D eigenvalue weighted by Gasteiger charge is -2.13. The number of para-hydroxylation sites is 1. The van der Waals surface area contributed by atoms with Gasteiger partial charge in [-0.1, -0.05) is 18.2 Å². The summed E-state index contributed by atoms with van der Waals surface area (Å²) in [6.07, 6.45) is -0.399. The van der Waals surface area contributed by atoms with E-state index in [-0.39, 0.29) is 11.8 Å². The molecule has 3 rings (SSSR count). The van der Waals surface area contributed by atoms with Gasteiger partial charge in [-0.3, -0.25) is 4.79 Å². The topological polar surface area (TPSA) is 74.5 Å². The van der Waals surface area contributed by atoms with E-state index in [2.05, 4.69) is 10.6 Å². The molecule has 1 aromatic heterocycles. The van der Waals surface area contributed by atoms with E-state index >= 15 is 0 Å². The highest BCUT2D eigenvalue weighted by atomic mass is 16.3. The van der Waals surface area contributed by atoms with Crippen LogP contribution in [0.5, 0.6) is 0 Å². The van der Waals surface area contributed by atoms with Gasteiger partial charge in [-0.05, 0) is 19.4 Å². The van der Waals surface area contributed by atoms with E-state index in [1.807, 2.05) is 32.0 Å². The molecule has 0 bridgehead atoms. The minimum absolute atomic E-state index is 0.0559. The number of furan rings is 1. The number of nitrogens with one attached hydrogen (secondary N) is 2. The van der Waals surface area contributed by atoms with E-state index in [0.717, 1.165) is 28.6 Å². The molecule has 2 atom stereocenters. The Hall–Kier alpha value is -1.85. The number of aliphatic hydroxyl groups is 1. The van der Waals surface area contributed by atoms with Crippen molar-refractivity contribution in [3.05, 3.63) is 35.1 Å². The molecule has 1 saturated heterocycles. The van der Waals surface area contributed by atoms with Crippen LogP contribution in [0.4, 0.5) is 0 Å². The van der Waals surface area contributed by atoms with E-state index in [0.29, 0.717) is 18.8 Å². The molecule has 5 nitrogen and oxygen atoms in total. The molecule has 2 heterocycles. The highest BCUT2D eigenvalue weighted by Gasteiger charge is 2.26. The summed E-state index contributed by atoms with van der Waals surface area (Å²) >= 11 is 0. The van der Waals surface area contributed by atoms with Crippen molar-refractivity contribution in [3.8, 4) is 0 Å². The van der Waals surface area contributed by atoms with Gasteiger partial charge in [0.1, 0.15) is 5.58 Å². The van der Waals surface area contributed by atoms with Crippen molar-refractivity contribution in [1.29, 1.82) is 0 Å². The zero-order chi connectivity index (χ0) is 15.0. The SMILES string of the molecule is Cc1c(C(=O)NCC2CNCC2O)oc2c(C)cccc12. The van der Waals surface area contributed by atoms with E-state index in [1.165, 1.54) is 0 Å². The number of aliphatic hydroxyl groups excluding tert-OH is 1. The van der Waals surface area contributed by atoms with Crippen LogP contribution < -0.4 is 10.6 Å². The molecule has 0 saturated carbocycles. The molecule has 112 valence electrons. The second-order valence-corrected chi connectivity index (χ2v) is 5.70. The summed E-state index contributed by atoms with van der Waals surface area (Å²) in [5, 5.41) is 16.7. The first kappa shape index (κ1) is 14.1. The smallest absolute Gasteiger partial charge is 0.287 e. The molecule has 1 aliphatic heterocycles. The molecule has 0 spiro atoms. The average molecular weight is 288 g/mol. The summed E-state index contributed by atoms with van der Waals surface area (Å²) in [7, 11) is 0. The van der Waals surface area contributed by atoms with E-state index in [4.69, 9.17) is 4.42 Å². The van der Waals surface area contributed by atoms with Crippen molar-refractivity contribution < 1.29 is 14.3 Å². The van der Waals surface area contributed by atoms with Crippen molar-refractivity contribution >= 4 is 16.9 Å². The lowest BCUT2D eigenvalue weighted by atomic mass is 10.1. The summed E-state index contributed by atoms with van der Waals surface area (Å²) in [4.78, 5) is 12.3. The maximum absolute atomic E-state index is 12.3. The van der Waals surface area contributed by atoms with Gasteiger partial charge in [-0.25, -0.2) is 0 Å². The third-order valence-electron chi connectivity index (χ3n) is 4.20. The Morgan fingerprint density at radius 2 is 2.24 bits per heavy atom. The van der Waals surface area contributed by atoms with Gasteiger partial charge >= 0.3 is 0 Å². The number of β-amino-alcohol motifs (C(OH)–C–C–N with tert-alkyl or cyclic N) is 1. The van der Waals surface area contributed by atoms with Gasteiger partial charge < -0.3 is 20.2 Å². The zero-order valence-corrected chi connectivity index (χ0v) is 12.3. The minimum Gasteiger partial charge on any atom is -0.450 e. The molecule has 1 fully saturated rings. The van der Waals surface area contributed by atoms with Gasteiger partial charge in [0.05, 0.1) is 6.10 Å². The van der Waals surface area contributed by atoms with E-state index in [1.54, 1.807) is 0 Å². The number of amides is 1. The number of hydrogen-bond donors (Lipinski definition) is 3. The molecule has 21 heavy (non-hydrogen) atoms. The molecule has 1 aliphatic rings. The van der Waals surface area contributed by atoms with E-state index in [9.17, 15) is 9.90 Å². The molecule has 2 unspecified atom stereocenters. The van der Waals surface area contributed by atoms with Gasteiger partial charge in [-0.15, -0.1) is 0 Å². The molecule has 0 radical (unpaired) electrons. The Bertz CT molecular complexity index is 677. The fraction of sp³-hybridized carbons (Fsp3) is 0.438. The largest absolute Gasteiger partial charge is 0.450 e. The minimum atomic E-state index is -0.399. The molecular formula is C16H20N2O3. The molecule has 3 N–H and O–H groups in total. The van der Waals surface area contributed by atoms with Crippen LogP contribution in [0.25, 0.3) is 11.0 Å². The first-order valence-electron chi connectivity index (χ1n) is 7.23. The molecule has 5 heteroatoms. The van der Waals surface area contributed by atoms with Crippen molar-refractivity contribution in [2.75, 3.05) is 19.6 Å². The fourth-order valence-corrected chi connectivity index (χ4v) is 2.83. The summed E-state index contributed by atoms with van der Waals surface area (Å²) < 4.78 is 5.74. The fourth-order valence-electron chi connectivity index (χ4n) is 2.83. The number of benzene rings is 1. The number of fused-ring (bicyclic) bond motifs is 1. The summed E-state index contributed by atoms with van der Waals surface area (Å²) in [6.45, 7) is 5.62. The van der Waals surface area contributed by atoms with Crippen LogP contribution in [0.15, 0.2) is 22.6 Å². The van der Waals surface area contributed by atoms with Gasteiger partial charge in [0.2, 0.25) is 0 Å².